The lowest BCUT2D eigenvalue weighted by molar-refractivity contribution is -0.870. The van der Waals surface area contributed by atoms with Crippen LogP contribution >= 0.6 is 7.82 Å². The molecule has 0 amide bonds. The maximum atomic E-state index is 12.8. The molecule has 0 aromatic heterocycles. The van der Waals surface area contributed by atoms with Crippen molar-refractivity contribution < 1.29 is 57.1 Å². The normalized spacial score (nSPS) is 19.9. The van der Waals surface area contributed by atoms with E-state index in [4.69, 9.17) is 18.5 Å². The topological polar surface area (TPSA) is 169 Å². The van der Waals surface area contributed by atoms with Crippen LogP contribution in [-0.4, -0.2) is 98.2 Å². The number of nitrogens with zero attached hydrogens (tertiary/aromatic N) is 1. The van der Waals surface area contributed by atoms with E-state index in [0.29, 0.717) is 43.1 Å². The molecule has 1 fully saturated rings. The number of ether oxygens (including phenoxy) is 2. The van der Waals surface area contributed by atoms with E-state index in [1.165, 1.54) is 0 Å². The van der Waals surface area contributed by atoms with Gasteiger partial charge in [-0.05, 0) is 70.6 Å². The largest absolute Gasteiger partial charge is 0.756 e. The summed E-state index contributed by atoms with van der Waals surface area (Å²) in [6.45, 7) is 3.61. The monoisotopic (exact) mass is 850 g/mol. The molecular formula is C46H76NO11P. The third-order valence-corrected chi connectivity index (χ3v) is 10.6. The number of Topliss-reactive ketones (excluding diaryl/α,β-unsaturated/α-hetero) is 1. The number of carbonyl (C=O) groups is 3. The fourth-order valence-electron chi connectivity index (χ4n) is 6.09. The summed E-state index contributed by atoms with van der Waals surface area (Å²) < 4.78 is 33.7. The minimum Gasteiger partial charge on any atom is -0.756 e. The van der Waals surface area contributed by atoms with Crippen LogP contribution in [0, 0.1) is 11.8 Å². The highest BCUT2D eigenvalue weighted by molar-refractivity contribution is 7.45. The molecule has 6 atom stereocenters. The molecule has 0 radical (unpaired) electrons. The third-order valence-electron chi connectivity index (χ3n) is 9.59. The van der Waals surface area contributed by atoms with Gasteiger partial charge in [0.15, 0.2) is 6.10 Å². The summed E-state index contributed by atoms with van der Waals surface area (Å²) in [5, 5.41) is 20.8. The second-order valence-electron chi connectivity index (χ2n) is 16.1. The first-order valence-corrected chi connectivity index (χ1v) is 23.2. The van der Waals surface area contributed by atoms with Crippen LogP contribution in [-0.2, 0) is 37.5 Å². The lowest BCUT2D eigenvalue weighted by Gasteiger charge is -2.28. The summed E-state index contributed by atoms with van der Waals surface area (Å²) in [6.07, 6.45) is 33.1. The molecule has 0 bridgehead atoms. The molecule has 1 aliphatic rings. The Kier molecular flexibility index (Phi) is 30.0. The van der Waals surface area contributed by atoms with E-state index in [0.717, 1.165) is 57.8 Å². The van der Waals surface area contributed by atoms with Gasteiger partial charge in [0.25, 0.3) is 7.82 Å². The number of likely N-dealkylation sites (N-methyl/N-ethyl adjacent to an activating group) is 1. The number of carbonyl (C=O) groups excluding carboxylic acids is 3. The number of phosphoric acid groups is 1. The highest BCUT2D eigenvalue weighted by Crippen LogP contribution is 2.38. The molecule has 59 heavy (non-hydrogen) atoms. The molecule has 336 valence electrons. The van der Waals surface area contributed by atoms with Crippen LogP contribution in [0.1, 0.15) is 123 Å². The summed E-state index contributed by atoms with van der Waals surface area (Å²) in [4.78, 5) is 50.2. The van der Waals surface area contributed by atoms with Crippen LogP contribution < -0.4 is 4.89 Å². The highest BCUT2D eigenvalue weighted by Gasteiger charge is 2.39. The zero-order valence-corrected chi connectivity index (χ0v) is 37.5. The van der Waals surface area contributed by atoms with Crippen LogP contribution in [0.4, 0.5) is 0 Å². The molecule has 0 aromatic rings. The van der Waals surface area contributed by atoms with Crippen molar-refractivity contribution in [1.82, 2.24) is 0 Å². The summed E-state index contributed by atoms with van der Waals surface area (Å²) in [5.41, 5.74) is 0. The Hall–Kier alpha value is -2.96. The molecule has 2 N–H and O–H groups in total. The summed E-state index contributed by atoms with van der Waals surface area (Å²) in [6, 6.07) is 0. The van der Waals surface area contributed by atoms with Gasteiger partial charge in [0.1, 0.15) is 25.5 Å². The van der Waals surface area contributed by atoms with Gasteiger partial charge in [-0.1, -0.05) is 106 Å². The fourth-order valence-corrected chi connectivity index (χ4v) is 6.82. The smallest absolute Gasteiger partial charge is 0.306 e. The molecule has 1 unspecified atom stereocenters. The standard InChI is InChI=1S/C46H76NO11P/c1-6-8-10-11-12-13-14-15-16-17-18-19-20-21-26-30-45(51)55-37-40(38-57-59(53,54)56-35-34-47(3,4)5)58-46(52)31-27-23-22-25-29-41-42(44(50)36-43(41)49)33-32-39(48)28-24-9-7-2/h8,10,12-13,15-16,18-19,22,25,32-33,39-43,48-49H,6-7,9,11,14,17,20-21,23-24,26-31,34-38H2,1-5H3/b10-8-,13-12-,16-15-,19-18-,25-22-,33-32+/t39-,40+,41+,42+,43-/m0/s1. The highest BCUT2D eigenvalue weighted by atomic mass is 31.2. The molecule has 0 aromatic carbocycles. The van der Waals surface area contributed by atoms with Crippen molar-refractivity contribution in [2.24, 2.45) is 11.8 Å². The fraction of sp³-hybridized carbons (Fsp3) is 0.674. The number of quaternary nitrogens is 1. The van der Waals surface area contributed by atoms with E-state index < -0.39 is 50.6 Å². The van der Waals surface area contributed by atoms with Crippen molar-refractivity contribution in [3.05, 3.63) is 72.9 Å². The van der Waals surface area contributed by atoms with Crippen LogP contribution in [0.5, 0.6) is 0 Å². The number of hydrogen-bond acceptors (Lipinski definition) is 11. The van der Waals surface area contributed by atoms with Crippen molar-refractivity contribution >= 4 is 25.5 Å². The van der Waals surface area contributed by atoms with Crippen molar-refractivity contribution in [3.63, 3.8) is 0 Å². The second kappa shape index (κ2) is 32.8. The maximum Gasteiger partial charge on any atom is 0.306 e. The van der Waals surface area contributed by atoms with Gasteiger partial charge in [0.05, 0.1) is 40.0 Å². The minimum atomic E-state index is -4.71. The Morgan fingerprint density at radius 3 is 2.12 bits per heavy atom. The number of allylic oxidation sites excluding steroid dienone is 11. The molecule has 0 spiro atoms. The first-order chi connectivity index (χ1) is 28.2. The van der Waals surface area contributed by atoms with E-state index in [1.807, 2.05) is 33.3 Å². The number of phosphoric ester groups is 1. The molecule has 0 saturated heterocycles. The SMILES string of the molecule is CC/C=C\C/C=C\C/C=C\C/C=C\CCCCC(=O)OC[C@H](COP(=O)([O-])OCC[N+](C)(C)C)OC(=O)CCC/C=C\C[C@H]1[C@@H](O)CC(=O)[C@@H]1/C=C/[C@@H](O)CCCCC. The van der Waals surface area contributed by atoms with Gasteiger partial charge in [-0.2, -0.15) is 0 Å². The predicted molar refractivity (Wildman–Crippen MR) is 232 cm³/mol. The second-order valence-corrected chi connectivity index (χ2v) is 17.5. The zero-order valence-electron chi connectivity index (χ0n) is 36.6. The summed E-state index contributed by atoms with van der Waals surface area (Å²) in [7, 11) is 0.965. The molecule has 1 aliphatic carbocycles. The quantitative estimate of drug-likeness (QED) is 0.0211. The Morgan fingerprint density at radius 2 is 1.46 bits per heavy atom. The number of ketones is 1. The van der Waals surface area contributed by atoms with Gasteiger partial charge in [-0.3, -0.25) is 18.9 Å². The van der Waals surface area contributed by atoms with Crippen molar-refractivity contribution in [2.45, 2.75) is 141 Å². The maximum absolute atomic E-state index is 12.8. The van der Waals surface area contributed by atoms with E-state index >= 15 is 0 Å². The van der Waals surface area contributed by atoms with Gasteiger partial charge < -0.3 is 38.1 Å². The van der Waals surface area contributed by atoms with Crippen molar-refractivity contribution in [2.75, 3.05) is 47.5 Å². The van der Waals surface area contributed by atoms with E-state index in [2.05, 4.69) is 62.5 Å². The average molecular weight is 850 g/mol. The molecule has 0 heterocycles. The Bertz CT molecular complexity index is 1400. The summed E-state index contributed by atoms with van der Waals surface area (Å²) in [5.74, 6) is -1.87. The number of unbranched alkanes of at least 4 members (excludes halogenated alkanes) is 5. The summed E-state index contributed by atoms with van der Waals surface area (Å²) >= 11 is 0. The Labute approximate surface area is 355 Å². The van der Waals surface area contributed by atoms with Crippen molar-refractivity contribution in [1.29, 1.82) is 0 Å². The molecule has 0 aliphatic heterocycles. The van der Waals surface area contributed by atoms with Gasteiger partial charge in [-0.25, -0.2) is 0 Å². The van der Waals surface area contributed by atoms with E-state index in [9.17, 15) is 34.1 Å². The molecule has 1 saturated carbocycles. The Morgan fingerprint density at radius 1 is 0.831 bits per heavy atom. The first kappa shape index (κ1) is 54.1. The average Bonchev–Trinajstić information content (AvgIpc) is 3.44. The van der Waals surface area contributed by atoms with Gasteiger partial charge in [-0.15, -0.1) is 0 Å². The van der Waals surface area contributed by atoms with Crippen LogP contribution in [0.2, 0.25) is 0 Å². The number of rotatable bonds is 34. The minimum absolute atomic E-state index is 0.0208. The number of esters is 2. The predicted octanol–water partition coefficient (Wildman–Crippen LogP) is 8.19. The molecule has 1 rings (SSSR count). The molecule has 12 nitrogen and oxygen atoms in total. The van der Waals surface area contributed by atoms with Gasteiger partial charge in [0, 0.05) is 31.1 Å². The van der Waals surface area contributed by atoms with Crippen LogP contribution in [0.25, 0.3) is 0 Å². The lowest BCUT2D eigenvalue weighted by atomic mass is 9.90. The number of aliphatic hydroxyl groups is 2. The van der Waals surface area contributed by atoms with Gasteiger partial charge in [0.2, 0.25) is 0 Å². The molecule has 13 heteroatoms. The zero-order chi connectivity index (χ0) is 43.8. The number of aliphatic hydroxyl groups excluding tert-OH is 2. The van der Waals surface area contributed by atoms with Crippen molar-refractivity contribution in [3.8, 4) is 0 Å². The molecular weight excluding hydrogens is 773 g/mol. The van der Waals surface area contributed by atoms with E-state index in [1.54, 1.807) is 12.2 Å². The Balaban J connectivity index is 2.57. The third kappa shape index (κ3) is 29.8. The number of hydrogen-bond donors (Lipinski definition) is 2. The first-order valence-electron chi connectivity index (χ1n) is 21.7. The van der Waals surface area contributed by atoms with E-state index in [-0.39, 0.29) is 44.2 Å². The lowest BCUT2D eigenvalue weighted by Crippen LogP contribution is -2.37. The van der Waals surface area contributed by atoms with Crippen LogP contribution in [0.15, 0.2) is 72.9 Å². The van der Waals surface area contributed by atoms with Crippen LogP contribution in [0.3, 0.4) is 0 Å². The van der Waals surface area contributed by atoms with Gasteiger partial charge >= 0.3 is 11.9 Å².